The smallest absolute Gasteiger partial charge is 0.344 e. The number of carbonyl (C=O) groups excluding carboxylic acids is 1. The first-order valence-corrected chi connectivity index (χ1v) is 5.66. The van der Waals surface area contributed by atoms with Gasteiger partial charge in [0.05, 0.1) is 7.11 Å². The molecule has 19 heavy (non-hydrogen) atoms. The minimum absolute atomic E-state index is 0.170. The Bertz CT molecular complexity index is 484. The number of carbonyl (C=O) groups is 2. The summed E-state index contributed by atoms with van der Waals surface area (Å²) in [4.78, 5) is 24.0. The summed E-state index contributed by atoms with van der Waals surface area (Å²) < 4.78 is 10.4. The molecular formula is C13H17NO5. The Balaban J connectivity index is 3.03. The lowest BCUT2D eigenvalue weighted by molar-refractivity contribution is -0.144. The summed E-state index contributed by atoms with van der Waals surface area (Å²) in [6.45, 7) is 1.42. The minimum Gasteiger partial charge on any atom is -0.493 e. The van der Waals surface area contributed by atoms with Gasteiger partial charge in [0, 0.05) is 19.7 Å². The highest BCUT2D eigenvalue weighted by Crippen LogP contribution is 2.29. The van der Waals surface area contributed by atoms with Gasteiger partial charge >= 0.3 is 5.97 Å². The van der Waals surface area contributed by atoms with E-state index in [0.29, 0.717) is 11.3 Å². The van der Waals surface area contributed by atoms with Crippen molar-refractivity contribution in [1.29, 1.82) is 0 Å². The zero-order chi connectivity index (χ0) is 14.6. The van der Waals surface area contributed by atoms with Gasteiger partial charge in [-0.1, -0.05) is 0 Å². The maximum Gasteiger partial charge on any atom is 0.344 e. The number of nitrogens with zero attached hydrogens (tertiary/aromatic N) is 1. The molecule has 0 fully saturated rings. The molecular weight excluding hydrogens is 250 g/mol. The normalized spacial score (nSPS) is 11.6. The van der Waals surface area contributed by atoms with E-state index >= 15 is 0 Å². The van der Waals surface area contributed by atoms with Gasteiger partial charge in [0.1, 0.15) is 0 Å². The molecule has 0 aliphatic carbocycles. The maximum atomic E-state index is 11.8. The van der Waals surface area contributed by atoms with Gasteiger partial charge in [-0.05, 0) is 25.1 Å². The molecule has 1 atom stereocenters. The lowest BCUT2D eigenvalue weighted by Crippen LogP contribution is -2.24. The summed E-state index contributed by atoms with van der Waals surface area (Å²) in [7, 11) is 4.72. The topological polar surface area (TPSA) is 76.1 Å². The molecule has 0 heterocycles. The summed E-state index contributed by atoms with van der Waals surface area (Å²) in [6.07, 6.45) is -0.996. The van der Waals surface area contributed by atoms with E-state index in [1.807, 2.05) is 0 Å². The van der Waals surface area contributed by atoms with Crippen molar-refractivity contribution in [3.05, 3.63) is 23.8 Å². The Kier molecular flexibility index (Phi) is 4.74. The molecule has 1 amide bonds. The molecule has 0 aliphatic heterocycles. The van der Waals surface area contributed by atoms with Crippen molar-refractivity contribution in [3.8, 4) is 11.5 Å². The fraction of sp³-hybridized carbons (Fsp3) is 0.385. The second kappa shape index (κ2) is 6.08. The Morgan fingerprint density at radius 3 is 2.37 bits per heavy atom. The van der Waals surface area contributed by atoms with Crippen LogP contribution in [0.2, 0.25) is 0 Å². The van der Waals surface area contributed by atoms with E-state index in [1.54, 1.807) is 20.2 Å². The predicted molar refractivity (Wildman–Crippen MR) is 68.7 cm³/mol. The average molecular weight is 267 g/mol. The molecule has 6 heteroatoms. The Morgan fingerprint density at radius 1 is 1.26 bits per heavy atom. The standard InChI is InChI=1S/C13H17NO5/c1-8(13(16)17)19-10-6-5-9(7-11(10)18-4)12(15)14(2)3/h5-8H,1-4H3,(H,16,17). The molecule has 1 N–H and O–H groups in total. The third-order valence-corrected chi connectivity index (χ3v) is 2.47. The molecule has 0 radical (unpaired) electrons. The van der Waals surface area contributed by atoms with E-state index in [0.717, 1.165) is 0 Å². The lowest BCUT2D eigenvalue weighted by Gasteiger charge is -2.16. The molecule has 104 valence electrons. The van der Waals surface area contributed by atoms with Gasteiger partial charge in [-0.25, -0.2) is 4.79 Å². The van der Waals surface area contributed by atoms with Crippen LogP contribution in [0, 0.1) is 0 Å². The molecule has 0 spiro atoms. The van der Waals surface area contributed by atoms with E-state index in [4.69, 9.17) is 14.6 Å². The number of carboxylic acid groups (broad SMARTS) is 1. The fourth-order valence-corrected chi connectivity index (χ4v) is 1.40. The van der Waals surface area contributed by atoms with Crippen LogP contribution < -0.4 is 9.47 Å². The number of ether oxygens (including phenoxy) is 2. The summed E-state index contributed by atoms with van der Waals surface area (Å²) in [5, 5.41) is 8.80. The molecule has 0 saturated carbocycles. The van der Waals surface area contributed by atoms with Crippen molar-refractivity contribution in [2.75, 3.05) is 21.2 Å². The summed E-state index contributed by atoms with van der Waals surface area (Å²) >= 11 is 0. The number of rotatable bonds is 5. The molecule has 1 aromatic carbocycles. The van der Waals surface area contributed by atoms with Crippen molar-refractivity contribution in [2.24, 2.45) is 0 Å². The Hall–Kier alpha value is -2.24. The van der Waals surface area contributed by atoms with Crippen molar-refractivity contribution < 1.29 is 24.2 Å². The van der Waals surface area contributed by atoms with Crippen LogP contribution in [0.4, 0.5) is 0 Å². The van der Waals surface area contributed by atoms with Gasteiger partial charge in [0.15, 0.2) is 17.6 Å². The first kappa shape index (κ1) is 14.8. The van der Waals surface area contributed by atoms with Gasteiger partial charge in [-0.15, -0.1) is 0 Å². The van der Waals surface area contributed by atoms with Crippen molar-refractivity contribution >= 4 is 11.9 Å². The predicted octanol–water partition coefficient (Wildman–Crippen LogP) is 1.25. The summed E-state index contributed by atoms with van der Waals surface area (Å²) in [6, 6.07) is 4.61. The van der Waals surface area contributed by atoms with E-state index in [2.05, 4.69) is 0 Å². The molecule has 0 aromatic heterocycles. The van der Waals surface area contributed by atoms with Crippen LogP contribution in [0.25, 0.3) is 0 Å². The molecule has 0 saturated heterocycles. The Morgan fingerprint density at radius 2 is 1.89 bits per heavy atom. The van der Waals surface area contributed by atoms with Crippen LogP contribution >= 0.6 is 0 Å². The number of benzene rings is 1. The van der Waals surface area contributed by atoms with Crippen LogP contribution in [0.15, 0.2) is 18.2 Å². The molecule has 1 rings (SSSR count). The van der Waals surface area contributed by atoms with Crippen molar-refractivity contribution in [3.63, 3.8) is 0 Å². The first-order valence-electron chi connectivity index (χ1n) is 5.66. The van der Waals surface area contributed by atoms with Crippen LogP contribution in [0.3, 0.4) is 0 Å². The number of carboxylic acids is 1. The zero-order valence-electron chi connectivity index (χ0n) is 11.3. The number of hydrogen-bond acceptors (Lipinski definition) is 4. The third kappa shape index (κ3) is 3.61. The van der Waals surface area contributed by atoms with Crippen LogP contribution in [-0.2, 0) is 4.79 Å². The van der Waals surface area contributed by atoms with E-state index in [-0.39, 0.29) is 11.7 Å². The SMILES string of the molecule is COc1cc(C(=O)N(C)C)ccc1OC(C)C(=O)O. The van der Waals surface area contributed by atoms with Crippen LogP contribution in [0.1, 0.15) is 17.3 Å². The third-order valence-electron chi connectivity index (χ3n) is 2.47. The van der Waals surface area contributed by atoms with Gasteiger partial charge in [-0.3, -0.25) is 4.79 Å². The number of hydrogen-bond donors (Lipinski definition) is 1. The average Bonchev–Trinajstić information content (AvgIpc) is 2.37. The minimum atomic E-state index is -1.07. The van der Waals surface area contributed by atoms with Crippen LogP contribution in [-0.4, -0.2) is 49.2 Å². The molecule has 0 bridgehead atoms. The van der Waals surface area contributed by atoms with E-state index < -0.39 is 12.1 Å². The lowest BCUT2D eigenvalue weighted by atomic mass is 10.2. The number of amides is 1. The van der Waals surface area contributed by atoms with Gasteiger partial charge in [-0.2, -0.15) is 0 Å². The summed E-state index contributed by atoms with van der Waals surface area (Å²) in [5.74, 6) is -0.639. The van der Waals surface area contributed by atoms with Gasteiger partial charge < -0.3 is 19.5 Å². The number of methoxy groups -OCH3 is 1. The molecule has 6 nitrogen and oxygen atoms in total. The fourth-order valence-electron chi connectivity index (χ4n) is 1.40. The second-order valence-corrected chi connectivity index (χ2v) is 4.16. The Labute approximate surface area is 111 Å². The van der Waals surface area contributed by atoms with E-state index in [1.165, 1.54) is 31.1 Å². The maximum absolute atomic E-state index is 11.8. The number of aliphatic carboxylic acids is 1. The van der Waals surface area contributed by atoms with E-state index in [9.17, 15) is 9.59 Å². The van der Waals surface area contributed by atoms with Gasteiger partial charge in [0.25, 0.3) is 5.91 Å². The highest BCUT2D eigenvalue weighted by atomic mass is 16.5. The molecule has 1 aromatic rings. The van der Waals surface area contributed by atoms with Gasteiger partial charge in [0.2, 0.25) is 0 Å². The quantitative estimate of drug-likeness (QED) is 0.868. The zero-order valence-corrected chi connectivity index (χ0v) is 11.3. The largest absolute Gasteiger partial charge is 0.493 e. The van der Waals surface area contributed by atoms with Crippen LogP contribution in [0.5, 0.6) is 11.5 Å². The van der Waals surface area contributed by atoms with Crippen molar-refractivity contribution in [1.82, 2.24) is 4.90 Å². The molecule has 0 aliphatic rings. The highest BCUT2D eigenvalue weighted by Gasteiger charge is 2.17. The first-order chi connectivity index (χ1) is 8.86. The second-order valence-electron chi connectivity index (χ2n) is 4.16. The van der Waals surface area contributed by atoms with Crippen molar-refractivity contribution in [2.45, 2.75) is 13.0 Å². The molecule has 1 unspecified atom stereocenters. The highest BCUT2D eigenvalue weighted by molar-refractivity contribution is 5.94. The summed E-state index contributed by atoms with van der Waals surface area (Å²) in [5.41, 5.74) is 0.442. The monoisotopic (exact) mass is 267 g/mol.